The average molecular weight is 465 g/mol. The van der Waals surface area contributed by atoms with Gasteiger partial charge in [-0.3, -0.25) is 4.79 Å². The van der Waals surface area contributed by atoms with Gasteiger partial charge >= 0.3 is 0 Å². The first-order chi connectivity index (χ1) is 16.4. The summed E-state index contributed by atoms with van der Waals surface area (Å²) in [5.41, 5.74) is 10.3. The number of carbonyl (C=O) groups excluding carboxylic acids is 1. The van der Waals surface area contributed by atoms with Gasteiger partial charge in [0.2, 0.25) is 11.5 Å². The average Bonchev–Trinajstić information content (AvgIpc) is 2.84. The number of methoxy groups -OCH3 is 3. The minimum Gasteiger partial charge on any atom is -0.492 e. The Morgan fingerprint density at radius 1 is 0.882 bits per heavy atom. The maximum atomic E-state index is 13.2. The molecule has 0 aromatic heterocycles. The maximum absolute atomic E-state index is 13.2. The molecule has 0 aliphatic carbocycles. The van der Waals surface area contributed by atoms with Crippen molar-refractivity contribution in [1.82, 2.24) is 5.32 Å². The smallest absolute Gasteiger partial charge is 0.255 e. The van der Waals surface area contributed by atoms with Crippen molar-refractivity contribution in [2.75, 3.05) is 27.9 Å². The largest absolute Gasteiger partial charge is 0.492 e. The van der Waals surface area contributed by atoms with Crippen molar-refractivity contribution in [3.63, 3.8) is 0 Å². The molecular formula is C27H32N2O5. The number of hydrogen-bond donors (Lipinski definition) is 2. The lowest BCUT2D eigenvalue weighted by atomic mass is 10.1. The lowest BCUT2D eigenvalue weighted by molar-refractivity contribution is 0.0946. The molecule has 3 N–H and O–H groups in total. The molecule has 0 radical (unpaired) electrons. The van der Waals surface area contributed by atoms with Gasteiger partial charge in [-0.2, -0.15) is 0 Å². The summed E-state index contributed by atoms with van der Waals surface area (Å²) < 4.78 is 22.7. The van der Waals surface area contributed by atoms with E-state index in [-0.39, 0.29) is 23.0 Å². The molecule has 0 aliphatic heterocycles. The zero-order chi connectivity index (χ0) is 24.7. The summed E-state index contributed by atoms with van der Waals surface area (Å²) >= 11 is 0. The summed E-state index contributed by atoms with van der Waals surface area (Å²) in [4.78, 5) is 13.2. The fourth-order valence-corrected chi connectivity index (χ4v) is 3.70. The van der Waals surface area contributed by atoms with E-state index in [1.54, 1.807) is 6.07 Å². The van der Waals surface area contributed by atoms with Crippen molar-refractivity contribution >= 4 is 5.91 Å². The topological polar surface area (TPSA) is 92.0 Å². The maximum Gasteiger partial charge on any atom is 0.255 e. The molecule has 0 heterocycles. The monoisotopic (exact) mass is 464 g/mol. The summed E-state index contributed by atoms with van der Waals surface area (Å²) in [5, 5.41) is 2.98. The SMILES string of the molecule is COc1c(Oc2ccc(CCN)cc2)cc(C(=O)NCc2cc(C)ccc2C)c(OC)c1OC. The molecule has 0 fully saturated rings. The molecule has 0 bridgehead atoms. The van der Waals surface area contributed by atoms with Crippen molar-refractivity contribution in [2.24, 2.45) is 5.73 Å². The van der Waals surface area contributed by atoms with E-state index < -0.39 is 0 Å². The fraction of sp³-hybridized carbons (Fsp3) is 0.296. The zero-order valence-corrected chi connectivity index (χ0v) is 20.4. The Hall–Kier alpha value is -3.71. The molecule has 0 saturated carbocycles. The number of ether oxygens (including phenoxy) is 4. The number of carbonyl (C=O) groups is 1. The van der Waals surface area contributed by atoms with Gasteiger partial charge in [-0.25, -0.2) is 0 Å². The van der Waals surface area contributed by atoms with Crippen LogP contribution >= 0.6 is 0 Å². The Kier molecular flexibility index (Phi) is 8.38. The predicted molar refractivity (Wildman–Crippen MR) is 132 cm³/mol. The van der Waals surface area contributed by atoms with Crippen LogP contribution in [0, 0.1) is 13.8 Å². The molecule has 1 amide bonds. The molecule has 0 aliphatic rings. The molecule has 0 saturated heterocycles. The second kappa shape index (κ2) is 11.4. The Bertz CT molecular complexity index is 1140. The Labute approximate surface area is 200 Å². The third-order valence-electron chi connectivity index (χ3n) is 5.54. The van der Waals surface area contributed by atoms with Crippen LogP contribution in [0.1, 0.15) is 32.6 Å². The minimum absolute atomic E-state index is 0.267. The van der Waals surface area contributed by atoms with E-state index >= 15 is 0 Å². The normalized spacial score (nSPS) is 10.5. The van der Waals surface area contributed by atoms with Gasteiger partial charge in [0, 0.05) is 12.6 Å². The Morgan fingerprint density at radius 2 is 1.56 bits per heavy atom. The van der Waals surface area contributed by atoms with Crippen LogP contribution in [0.3, 0.4) is 0 Å². The second-order valence-electron chi connectivity index (χ2n) is 7.92. The quantitative estimate of drug-likeness (QED) is 0.457. The van der Waals surface area contributed by atoms with Crippen LogP contribution in [-0.4, -0.2) is 33.8 Å². The fourth-order valence-electron chi connectivity index (χ4n) is 3.70. The molecule has 7 nitrogen and oxygen atoms in total. The third-order valence-corrected chi connectivity index (χ3v) is 5.54. The Morgan fingerprint density at radius 3 is 2.18 bits per heavy atom. The standard InChI is InChI=1S/C27H32N2O5/c1-17-6-7-18(2)20(14-17)16-29-27(30)22-15-23(25(32-4)26(33-5)24(22)31-3)34-21-10-8-19(9-11-21)12-13-28/h6-11,14-15H,12-13,16,28H2,1-5H3,(H,29,30). The summed E-state index contributed by atoms with van der Waals surface area (Å²) in [7, 11) is 4.48. The molecule has 7 heteroatoms. The van der Waals surface area contributed by atoms with E-state index in [9.17, 15) is 4.79 Å². The van der Waals surface area contributed by atoms with Gasteiger partial charge in [0.05, 0.1) is 26.9 Å². The number of rotatable bonds is 10. The molecule has 0 unspecified atom stereocenters. The number of nitrogens with two attached hydrogens (primary N) is 1. The molecular weight excluding hydrogens is 432 g/mol. The molecule has 3 aromatic carbocycles. The summed E-state index contributed by atoms with van der Waals surface area (Å²) in [6.07, 6.45) is 0.782. The highest BCUT2D eigenvalue weighted by atomic mass is 16.5. The lowest BCUT2D eigenvalue weighted by Crippen LogP contribution is -2.24. The highest BCUT2D eigenvalue weighted by molar-refractivity contribution is 5.99. The van der Waals surface area contributed by atoms with Gasteiger partial charge < -0.3 is 30.0 Å². The van der Waals surface area contributed by atoms with Gasteiger partial charge in [0.15, 0.2) is 11.5 Å². The van der Waals surface area contributed by atoms with E-state index in [0.717, 1.165) is 28.7 Å². The molecule has 3 aromatic rings. The molecule has 34 heavy (non-hydrogen) atoms. The van der Waals surface area contributed by atoms with Gasteiger partial charge in [0.1, 0.15) is 5.75 Å². The van der Waals surface area contributed by atoms with E-state index in [4.69, 9.17) is 24.7 Å². The van der Waals surface area contributed by atoms with E-state index in [1.807, 2.05) is 50.2 Å². The van der Waals surface area contributed by atoms with Crippen LogP contribution in [0.5, 0.6) is 28.7 Å². The van der Waals surface area contributed by atoms with Crippen LogP contribution in [-0.2, 0) is 13.0 Å². The number of amides is 1. The third kappa shape index (κ3) is 5.61. The van der Waals surface area contributed by atoms with Gasteiger partial charge in [0.25, 0.3) is 5.91 Å². The minimum atomic E-state index is -0.318. The summed E-state index contributed by atoms with van der Waals surface area (Å²) in [6.45, 7) is 4.99. The van der Waals surface area contributed by atoms with Crippen molar-refractivity contribution in [2.45, 2.75) is 26.8 Å². The predicted octanol–water partition coefficient (Wildman–Crippen LogP) is 4.55. The van der Waals surface area contributed by atoms with Crippen LogP contribution < -0.4 is 30.0 Å². The highest BCUT2D eigenvalue weighted by Gasteiger charge is 2.26. The van der Waals surface area contributed by atoms with E-state index in [0.29, 0.717) is 30.3 Å². The number of aryl methyl sites for hydroxylation is 2. The van der Waals surface area contributed by atoms with Crippen LogP contribution in [0.25, 0.3) is 0 Å². The molecule has 0 spiro atoms. The number of benzene rings is 3. The number of nitrogens with one attached hydrogen (secondary N) is 1. The van der Waals surface area contributed by atoms with Gasteiger partial charge in [-0.15, -0.1) is 0 Å². The van der Waals surface area contributed by atoms with Crippen LogP contribution in [0.4, 0.5) is 0 Å². The molecule has 180 valence electrons. The second-order valence-corrected chi connectivity index (χ2v) is 7.92. The molecule has 0 atom stereocenters. The van der Waals surface area contributed by atoms with Crippen molar-refractivity contribution in [3.05, 3.63) is 76.3 Å². The first-order valence-electron chi connectivity index (χ1n) is 11.1. The number of hydrogen-bond acceptors (Lipinski definition) is 6. The summed E-state index contributed by atoms with van der Waals surface area (Å²) in [6, 6.07) is 15.3. The van der Waals surface area contributed by atoms with E-state index in [2.05, 4.69) is 11.4 Å². The van der Waals surface area contributed by atoms with Gasteiger partial charge in [-0.1, -0.05) is 35.9 Å². The van der Waals surface area contributed by atoms with Gasteiger partial charge in [-0.05, 0) is 55.6 Å². The van der Waals surface area contributed by atoms with E-state index in [1.165, 1.54) is 21.3 Å². The highest BCUT2D eigenvalue weighted by Crippen LogP contribution is 2.48. The van der Waals surface area contributed by atoms with Crippen molar-refractivity contribution in [3.8, 4) is 28.7 Å². The lowest BCUT2D eigenvalue weighted by Gasteiger charge is -2.19. The van der Waals surface area contributed by atoms with Crippen molar-refractivity contribution < 1.29 is 23.7 Å². The van der Waals surface area contributed by atoms with Crippen molar-refractivity contribution in [1.29, 1.82) is 0 Å². The van der Waals surface area contributed by atoms with Crippen LogP contribution in [0.15, 0.2) is 48.5 Å². The van der Waals surface area contributed by atoms with Crippen LogP contribution in [0.2, 0.25) is 0 Å². The first-order valence-corrected chi connectivity index (χ1v) is 11.1. The first kappa shape index (κ1) is 24.9. The summed E-state index contributed by atoms with van der Waals surface area (Å²) in [5.74, 6) is 1.48. The molecule has 3 rings (SSSR count). The Balaban J connectivity index is 1.95. The zero-order valence-electron chi connectivity index (χ0n) is 20.4.